The number of ether oxygens (including phenoxy) is 3. The Hall–Kier alpha value is -1.59. The van der Waals surface area contributed by atoms with Crippen molar-refractivity contribution in [1.82, 2.24) is 0 Å². The van der Waals surface area contributed by atoms with E-state index < -0.39 is 6.10 Å². The summed E-state index contributed by atoms with van der Waals surface area (Å²) in [5.74, 6) is 0.0578. The highest BCUT2D eigenvalue weighted by Crippen LogP contribution is 2.18. The van der Waals surface area contributed by atoms with Crippen LogP contribution in [0.4, 0.5) is 0 Å². The van der Waals surface area contributed by atoms with Crippen molar-refractivity contribution in [2.24, 2.45) is 5.92 Å². The zero-order valence-electron chi connectivity index (χ0n) is 42.3. The van der Waals surface area contributed by atoms with Crippen LogP contribution in [0.2, 0.25) is 0 Å². The number of carbonyl (C=O) groups is 3. The molecule has 0 fully saturated rings. The summed E-state index contributed by atoms with van der Waals surface area (Å²) in [5.41, 5.74) is 0. The maximum absolute atomic E-state index is 12.8. The lowest BCUT2D eigenvalue weighted by atomic mass is 9.99. The Morgan fingerprint density at radius 1 is 0.323 bits per heavy atom. The minimum atomic E-state index is -0.761. The minimum Gasteiger partial charge on any atom is -0.462 e. The number of carbonyl (C=O) groups excluding carboxylic acids is 3. The van der Waals surface area contributed by atoms with E-state index in [-0.39, 0.29) is 31.1 Å². The first-order valence-electron chi connectivity index (χ1n) is 27.9. The SMILES string of the molecule is CCCCCCCCCCCCCCCC(=O)OC[C@H](COC(=O)CCCCCCCCCCCCCCCCC(C)CC)OC(=O)CCCCCCCCCCCCCCC. The highest BCUT2D eigenvalue weighted by atomic mass is 16.6. The first kappa shape index (κ1) is 60.4. The van der Waals surface area contributed by atoms with E-state index in [9.17, 15) is 14.4 Å². The predicted molar refractivity (Wildman–Crippen MR) is 266 cm³/mol. The van der Waals surface area contributed by atoms with E-state index in [1.165, 1.54) is 212 Å². The van der Waals surface area contributed by atoms with Gasteiger partial charge in [-0.3, -0.25) is 14.4 Å². The lowest BCUT2D eigenvalue weighted by molar-refractivity contribution is -0.167. The largest absolute Gasteiger partial charge is 0.462 e. The summed E-state index contributed by atoms with van der Waals surface area (Å²) in [6, 6.07) is 0. The fourth-order valence-electron chi connectivity index (χ4n) is 8.54. The van der Waals surface area contributed by atoms with Gasteiger partial charge in [0.2, 0.25) is 0 Å². The molecule has 0 aliphatic rings. The van der Waals surface area contributed by atoms with Gasteiger partial charge < -0.3 is 14.2 Å². The third kappa shape index (κ3) is 47.9. The number of hydrogen-bond donors (Lipinski definition) is 0. The van der Waals surface area contributed by atoms with Crippen LogP contribution in [-0.2, 0) is 28.6 Å². The average Bonchev–Trinajstić information content (AvgIpc) is 3.27. The monoisotopic (exact) mass is 877 g/mol. The van der Waals surface area contributed by atoms with Gasteiger partial charge >= 0.3 is 17.9 Å². The summed E-state index contributed by atoms with van der Waals surface area (Å²) in [4.78, 5) is 38.0. The standard InChI is InChI=1S/C56H108O6/c1-5-8-10-12-14-16-18-22-27-31-35-39-43-47-54(57)60-50-53(62-56(59)49-45-41-37-33-29-23-19-17-15-13-11-9-6-2)51-61-55(58)48-44-40-36-32-28-25-21-20-24-26-30-34-38-42-46-52(4)7-3/h52-53H,5-51H2,1-4H3/t52?,53-/m1/s1. The van der Waals surface area contributed by atoms with Crippen LogP contribution < -0.4 is 0 Å². The smallest absolute Gasteiger partial charge is 0.306 e. The van der Waals surface area contributed by atoms with Gasteiger partial charge in [-0.2, -0.15) is 0 Å². The van der Waals surface area contributed by atoms with Crippen molar-refractivity contribution in [3.05, 3.63) is 0 Å². The third-order valence-corrected chi connectivity index (χ3v) is 13.2. The summed E-state index contributed by atoms with van der Waals surface area (Å²) in [7, 11) is 0. The van der Waals surface area contributed by atoms with Gasteiger partial charge in [-0.05, 0) is 25.2 Å². The van der Waals surface area contributed by atoms with Crippen LogP contribution in [-0.4, -0.2) is 37.2 Å². The number of unbranched alkanes of at least 4 members (excludes halogenated alkanes) is 37. The minimum absolute atomic E-state index is 0.0621. The maximum Gasteiger partial charge on any atom is 0.306 e. The molecule has 0 aromatic carbocycles. The summed E-state index contributed by atoms with van der Waals surface area (Å²) in [6.07, 6.45) is 53.6. The molecule has 62 heavy (non-hydrogen) atoms. The second kappa shape index (κ2) is 50.4. The van der Waals surface area contributed by atoms with E-state index >= 15 is 0 Å². The Morgan fingerprint density at radius 2 is 0.565 bits per heavy atom. The van der Waals surface area contributed by atoms with E-state index in [4.69, 9.17) is 14.2 Å². The van der Waals surface area contributed by atoms with E-state index in [1.807, 2.05) is 0 Å². The second-order valence-corrected chi connectivity index (χ2v) is 19.5. The molecule has 0 rings (SSSR count). The fourth-order valence-corrected chi connectivity index (χ4v) is 8.54. The predicted octanol–water partition coefficient (Wildman–Crippen LogP) is 18.2. The fraction of sp³-hybridized carbons (Fsp3) is 0.946. The zero-order valence-corrected chi connectivity index (χ0v) is 42.3. The number of esters is 3. The molecule has 1 unspecified atom stereocenters. The molecule has 368 valence electrons. The molecule has 0 heterocycles. The van der Waals surface area contributed by atoms with E-state index in [0.29, 0.717) is 19.3 Å². The van der Waals surface area contributed by atoms with Crippen molar-refractivity contribution in [3.63, 3.8) is 0 Å². The lowest BCUT2D eigenvalue weighted by Crippen LogP contribution is -2.30. The van der Waals surface area contributed by atoms with Crippen molar-refractivity contribution < 1.29 is 28.6 Å². The van der Waals surface area contributed by atoms with Crippen molar-refractivity contribution in [1.29, 1.82) is 0 Å². The third-order valence-electron chi connectivity index (χ3n) is 13.2. The highest BCUT2D eigenvalue weighted by molar-refractivity contribution is 5.71. The molecule has 0 aliphatic carbocycles. The van der Waals surface area contributed by atoms with Gasteiger partial charge in [0.1, 0.15) is 13.2 Å². The van der Waals surface area contributed by atoms with Gasteiger partial charge in [0.25, 0.3) is 0 Å². The molecule has 0 aliphatic heterocycles. The summed E-state index contributed by atoms with van der Waals surface area (Å²) in [5, 5.41) is 0. The summed E-state index contributed by atoms with van der Waals surface area (Å²) < 4.78 is 16.9. The van der Waals surface area contributed by atoms with Gasteiger partial charge in [0, 0.05) is 19.3 Å². The summed E-state index contributed by atoms with van der Waals surface area (Å²) >= 11 is 0. The molecule has 0 aromatic rings. The van der Waals surface area contributed by atoms with E-state index in [2.05, 4.69) is 27.7 Å². The van der Waals surface area contributed by atoms with Gasteiger partial charge in [-0.15, -0.1) is 0 Å². The van der Waals surface area contributed by atoms with Crippen molar-refractivity contribution in [2.45, 2.75) is 323 Å². The van der Waals surface area contributed by atoms with Gasteiger partial charge in [0.05, 0.1) is 0 Å². The van der Waals surface area contributed by atoms with Crippen molar-refractivity contribution in [3.8, 4) is 0 Å². The molecule has 6 heteroatoms. The Balaban J connectivity index is 4.28. The Labute approximate surface area is 387 Å². The Morgan fingerprint density at radius 3 is 0.839 bits per heavy atom. The first-order chi connectivity index (χ1) is 30.4. The molecule has 0 saturated carbocycles. The average molecular weight is 877 g/mol. The van der Waals surface area contributed by atoms with Crippen LogP contribution in [0.15, 0.2) is 0 Å². The molecule has 0 saturated heterocycles. The van der Waals surface area contributed by atoms with Crippen LogP contribution in [0.5, 0.6) is 0 Å². The Kier molecular flexibility index (Phi) is 49.1. The van der Waals surface area contributed by atoms with Gasteiger partial charge in [0.15, 0.2) is 6.10 Å². The Bertz CT molecular complexity index is 935. The molecular formula is C56H108O6. The van der Waals surface area contributed by atoms with Crippen LogP contribution in [0, 0.1) is 5.92 Å². The van der Waals surface area contributed by atoms with Gasteiger partial charge in [-0.25, -0.2) is 0 Å². The summed E-state index contributed by atoms with van der Waals surface area (Å²) in [6.45, 7) is 9.09. The van der Waals surface area contributed by atoms with E-state index in [1.54, 1.807) is 0 Å². The van der Waals surface area contributed by atoms with Crippen molar-refractivity contribution in [2.75, 3.05) is 13.2 Å². The molecule has 0 N–H and O–H groups in total. The maximum atomic E-state index is 12.8. The highest BCUT2D eigenvalue weighted by Gasteiger charge is 2.19. The molecule has 0 spiro atoms. The van der Waals surface area contributed by atoms with Crippen LogP contribution in [0.25, 0.3) is 0 Å². The van der Waals surface area contributed by atoms with Crippen LogP contribution in [0.1, 0.15) is 317 Å². The molecule has 0 bridgehead atoms. The van der Waals surface area contributed by atoms with Gasteiger partial charge in [-0.1, -0.05) is 278 Å². The zero-order chi connectivity index (χ0) is 45.2. The number of hydrogen-bond acceptors (Lipinski definition) is 6. The quantitative estimate of drug-likeness (QED) is 0.0344. The molecule has 0 amide bonds. The molecule has 6 nitrogen and oxygen atoms in total. The van der Waals surface area contributed by atoms with Crippen molar-refractivity contribution >= 4 is 17.9 Å². The normalized spacial score (nSPS) is 12.4. The molecule has 0 aromatic heterocycles. The number of rotatable bonds is 51. The van der Waals surface area contributed by atoms with Crippen LogP contribution >= 0.6 is 0 Å². The topological polar surface area (TPSA) is 78.9 Å². The molecule has 0 radical (unpaired) electrons. The lowest BCUT2D eigenvalue weighted by Gasteiger charge is -2.18. The molecule has 2 atom stereocenters. The van der Waals surface area contributed by atoms with E-state index in [0.717, 1.165) is 63.7 Å². The van der Waals surface area contributed by atoms with Crippen LogP contribution in [0.3, 0.4) is 0 Å². The molecular weight excluding hydrogens is 769 g/mol. The second-order valence-electron chi connectivity index (χ2n) is 19.5. The first-order valence-corrected chi connectivity index (χ1v) is 27.9.